The number of benzene rings is 1. The van der Waals surface area contributed by atoms with E-state index in [1.165, 1.54) is 19.1 Å². The summed E-state index contributed by atoms with van der Waals surface area (Å²) in [6.45, 7) is 7.69. The van der Waals surface area contributed by atoms with E-state index in [0.29, 0.717) is 17.8 Å². The number of carbonyl (C=O) groups is 1. The molecular weight excluding hydrogens is 232 g/mol. The van der Waals surface area contributed by atoms with Gasteiger partial charge < -0.3 is 4.90 Å². The summed E-state index contributed by atoms with van der Waals surface area (Å²) in [4.78, 5) is 23.6. The average molecular weight is 248 g/mol. The number of rotatable bonds is 5. The molecular formula is C13H16N2O3. The topological polar surface area (TPSA) is 63.4 Å². The lowest BCUT2D eigenvalue weighted by Gasteiger charge is -2.21. The van der Waals surface area contributed by atoms with Crippen LogP contribution < -0.4 is 4.90 Å². The molecule has 1 aromatic carbocycles. The number of nitrogens with zero attached hydrogens (tertiary/aromatic N) is 2. The standard InChI is InChI=1S/C13H16N2O3/c1-9(2)8-14(4)13-6-5-11(15(17)18)7-12(13)10(3)16/h5-7H,1,8H2,2-4H3. The molecule has 0 heterocycles. The second kappa shape index (κ2) is 5.44. The van der Waals surface area contributed by atoms with Crippen LogP contribution in [0.15, 0.2) is 30.4 Å². The van der Waals surface area contributed by atoms with Crippen molar-refractivity contribution in [3.63, 3.8) is 0 Å². The van der Waals surface area contributed by atoms with Gasteiger partial charge in [0.1, 0.15) is 0 Å². The van der Waals surface area contributed by atoms with E-state index >= 15 is 0 Å². The van der Waals surface area contributed by atoms with Crippen molar-refractivity contribution in [1.82, 2.24) is 0 Å². The number of hydrogen-bond donors (Lipinski definition) is 0. The van der Waals surface area contributed by atoms with Gasteiger partial charge in [-0.2, -0.15) is 0 Å². The van der Waals surface area contributed by atoms with Crippen molar-refractivity contribution in [2.24, 2.45) is 0 Å². The molecule has 0 N–H and O–H groups in total. The quantitative estimate of drug-likeness (QED) is 0.348. The van der Waals surface area contributed by atoms with Gasteiger partial charge in [0, 0.05) is 37.0 Å². The molecule has 5 heteroatoms. The van der Waals surface area contributed by atoms with Gasteiger partial charge in [-0.3, -0.25) is 14.9 Å². The molecule has 96 valence electrons. The van der Waals surface area contributed by atoms with Crippen molar-refractivity contribution in [3.8, 4) is 0 Å². The molecule has 1 aromatic rings. The van der Waals surface area contributed by atoms with Gasteiger partial charge in [0.05, 0.1) is 4.92 Å². The number of nitro benzene ring substituents is 1. The molecule has 0 aliphatic heterocycles. The van der Waals surface area contributed by atoms with Crippen molar-refractivity contribution in [1.29, 1.82) is 0 Å². The highest BCUT2D eigenvalue weighted by molar-refractivity contribution is 6.00. The minimum atomic E-state index is -0.505. The van der Waals surface area contributed by atoms with Gasteiger partial charge in [0.2, 0.25) is 0 Å². The van der Waals surface area contributed by atoms with Crippen LogP contribution in [0.3, 0.4) is 0 Å². The fourth-order valence-corrected chi connectivity index (χ4v) is 1.74. The van der Waals surface area contributed by atoms with Crippen LogP contribution in [-0.2, 0) is 0 Å². The number of Topliss-reactive ketones (excluding diaryl/α,β-unsaturated/α-hetero) is 1. The maximum absolute atomic E-state index is 11.6. The Morgan fingerprint density at radius 1 is 1.44 bits per heavy atom. The van der Waals surface area contributed by atoms with E-state index in [4.69, 9.17) is 0 Å². The molecule has 0 unspecified atom stereocenters. The van der Waals surface area contributed by atoms with Gasteiger partial charge in [0.25, 0.3) is 5.69 Å². The first kappa shape index (κ1) is 13.9. The first-order chi connectivity index (χ1) is 8.32. The normalized spacial score (nSPS) is 9.94. The van der Waals surface area contributed by atoms with Gasteiger partial charge >= 0.3 is 0 Å². The summed E-state index contributed by atoms with van der Waals surface area (Å²) in [5.74, 6) is -0.192. The van der Waals surface area contributed by atoms with Crippen molar-refractivity contribution >= 4 is 17.2 Å². The van der Waals surface area contributed by atoms with Gasteiger partial charge in [-0.1, -0.05) is 12.2 Å². The molecule has 0 saturated carbocycles. The summed E-state index contributed by atoms with van der Waals surface area (Å²) >= 11 is 0. The van der Waals surface area contributed by atoms with Gasteiger partial charge in [0.15, 0.2) is 5.78 Å². The molecule has 0 radical (unpaired) electrons. The zero-order valence-corrected chi connectivity index (χ0v) is 10.8. The highest BCUT2D eigenvalue weighted by Crippen LogP contribution is 2.25. The van der Waals surface area contributed by atoms with E-state index in [9.17, 15) is 14.9 Å². The highest BCUT2D eigenvalue weighted by atomic mass is 16.6. The third-order valence-corrected chi connectivity index (χ3v) is 2.49. The Bertz CT molecular complexity index is 509. The SMILES string of the molecule is C=C(C)CN(C)c1ccc([N+](=O)[O-])cc1C(C)=O. The Labute approximate surface area is 106 Å². The minimum absolute atomic E-state index is 0.0762. The number of hydrogen-bond acceptors (Lipinski definition) is 4. The van der Waals surface area contributed by atoms with Crippen molar-refractivity contribution in [3.05, 3.63) is 46.0 Å². The van der Waals surface area contributed by atoms with Crippen LogP contribution in [-0.4, -0.2) is 24.3 Å². The summed E-state index contributed by atoms with van der Waals surface area (Å²) in [5, 5.41) is 10.7. The largest absolute Gasteiger partial charge is 0.370 e. The van der Waals surface area contributed by atoms with Gasteiger partial charge in [-0.15, -0.1) is 0 Å². The molecule has 1 rings (SSSR count). The molecule has 0 bridgehead atoms. The molecule has 0 aliphatic rings. The zero-order valence-electron chi connectivity index (χ0n) is 10.8. The first-order valence-electron chi connectivity index (χ1n) is 5.48. The van der Waals surface area contributed by atoms with Crippen LogP contribution in [0.5, 0.6) is 0 Å². The van der Waals surface area contributed by atoms with E-state index in [0.717, 1.165) is 5.57 Å². The number of likely N-dealkylation sites (N-methyl/N-ethyl adjacent to an activating group) is 1. The van der Waals surface area contributed by atoms with E-state index in [1.807, 2.05) is 18.9 Å². The fraction of sp³-hybridized carbons (Fsp3) is 0.308. The van der Waals surface area contributed by atoms with Crippen LogP contribution in [0.4, 0.5) is 11.4 Å². The summed E-state index contributed by atoms with van der Waals surface area (Å²) < 4.78 is 0. The van der Waals surface area contributed by atoms with Gasteiger partial charge in [-0.25, -0.2) is 0 Å². The molecule has 0 atom stereocenters. The predicted molar refractivity (Wildman–Crippen MR) is 71.2 cm³/mol. The maximum Gasteiger partial charge on any atom is 0.270 e. The van der Waals surface area contributed by atoms with E-state index in [1.54, 1.807) is 6.07 Å². The lowest BCUT2D eigenvalue weighted by Crippen LogP contribution is -2.21. The van der Waals surface area contributed by atoms with Crippen molar-refractivity contribution in [2.45, 2.75) is 13.8 Å². The van der Waals surface area contributed by atoms with E-state index in [-0.39, 0.29) is 11.5 Å². The molecule has 0 amide bonds. The smallest absolute Gasteiger partial charge is 0.270 e. The second-order valence-electron chi connectivity index (χ2n) is 4.33. The Morgan fingerprint density at radius 3 is 2.50 bits per heavy atom. The Morgan fingerprint density at radius 2 is 2.06 bits per heavy atom. The van der Waals surface area contributed by atoms with E-state index < -0.39 is 4.92 Å². The van der Waals surface area contributed by atoms with Crippen LogP contribution in [0.25, 0.3) is 0 Å². The third-order valence-electron chi connectivity index (χ3n) is 2.49. The summed E-state index contributed by atoms with van der Waals surface area (Å²) in [5.41, 5.74) is 1.90. The zero-order chi connectivity index (χ0) is 13.9. The molecule has 0 saturated heterocycles. The number of anilines is 1. The Hall–Kier alpha value is -2.17. The van der Waals surface area contributed by atoms with Crippen LogP contribution in [0, 0.1) is 10.1 Å². The molecule has 5 nitrogen and oxygen atoms in total. The predicted octanol–water partition coefficient (Wildman–Crippen LogP) is 2.81. The Kier molecular flexibility index (Phi) is 4.20. The fourth-order valence-electron chi connectivity index (χ4n) is 1.74. The monoisotopic (exact) mass is 248 g/mol. The maximum atomic E-state index is 11.6. The van der Waals surface area contributed by atoms with Crippen LogP contribution in [0.1, 0.15) is 24.2 Å². The molecule has 0 aliphatic carbocycles. The van der Waals surface area contributed by atoms with E-state index in [2.05, 4.69) is 6.58 Å². The van der Waals surface area contributed by atoms with Gasteiger partial charge in [-0.05, 0) is 19.9 Å². The number of nitro groups is 1. The number of non-ortho nitro benzene ring substituents is 1. The van der Waals surface area contributed by atoms with Crippen LogP contribution in [0.2, 0.25) is 0 Å². The number of ketones is 1. The average Bonchev–Trinajstić information content (AvgIpc) is 2.26. The summed E-state index contributed by atoms with van der Waals surface area (Å²) in [7, 11) is 1.82. The second-order valence-corrected chi connectivity index (χ2v) is 4.33. The molecule has 0 fully saturated rings. The number of carbonyl (C=O) groups excluding carboxylic acids is 1. The van der Waals surface area contributed by atoms with Crippen LogP contribution >= 0.6 is 0 Å². The summed E-state index contributed by atoms with van der Waals surface area (Å²) in [6, 6.07) is 4.31. The lowest BCUT2D eigenvalue weighted by atomic mass is 10.1. The van der Waals surface area contributed by atoms with Crippen molar-refractivity contribution in [2.75, 3.05) is 18.5 Å². The van der Waals surface area contributed by atoms with Crippen molar-refractivity contribution < 1.29 is 9.72 Å². The minimum Gasteiger partial charge on any atom is -0.370 e. The first-order valence-corrected chi connectivity index (χ1v) is 5.48. The molecule has 0 spiro atoms. The summed E-state index contributed by atoms with van der Waals surface area (Å²) in [6.07, 6.45) is 0. The molecule has 18 heavy (non-hydrogen) atoms. The third kappa shape index (κ3) is 3.16. The lowest BCUT2D eigenvalue weighted by molar-refractivity contribution is -0.384. The Balaban J connectivity index is 3.23. The molecule has 0 aromatic heterocycles. The highest BCUT2D eigenvalue weighted by Gasteiger charge is 2.16.